The third-order valence-corrected chi connectivity index (χ3v) is 5.40. The maximum atomic E-state index is 6.42. The standard InChI is InChI=1S/C13H23IO/c1-10-5-7-13(11(2)8-10)6-3-4-12(9-14)15-13/h10-12H,3-9H2,1-2H3. The van der Waals surface area contributed by atoms with Gasteiger partial charge in [-0.3, -0.25) is 0 Å². The minimum atomic E-state index is 0.264. The summed E-state index contributed by atoms with van der Waals surface area (Å²) in [6.45, 7) is 4.80. The Kier molecular flexibility index (Phi) is 3.98. The summed E-state index contributed by atoms with van der Waals surface area (Å²) in [4.78, 5) is 0. The van der Waals surface area contributed by atoms with Crippen LogP contribution in [-0.2, 0) is 4.74 Å². The van der Waals surface area contributed by atoms with E-state index in [-0.39, 0.29) is 5.60 Å². The molecule has 0 N–H and O–H groups in total. The van der Waals surface area contributed by atoms with Gasteiger partial charge in [0.15, 0.2) is 0 Å². The Morgan fingerprint density at radius 3 is 2.73 bits per heavy atom. The second-order valence-corrected chi connectivity index (χ2v) is 6.51. The van der Waals surface area contributed by atoms with Crippen LogP contribution < -0.4 is 0 Å². The van der Waals surface area contributed by atoms with Crippen molar-refractivity contribution in [2.24, 2.45) is 11.8 Å². The van der Waals surface area contributed by atoms with E-state index in [0.29, 0.717) is 6.10 Å². The Morgan fingerprint density at radius 1 is 1.27 bits per heavy atom. The first-order valence-electron chi connectivity index (χ1n) is 6.40. The van der Waals surface area contributed by atoms with Crippen LogP contribution >= 0.6 is 22.6 Å². The molecule has 0 aromatic heterocycles. The van der Waals surface area contributed by atoms with Gasteiger partial charge in [-0.05, 0) is 50.4 Å². The molecule has 0 bridgehead atoms. The van der Waals surface area contributed by atoms with Gasteiger partial charge < -0.3 is 4.74 Å². The molecule has 0 aromatic carbocycles. The molecule has 88 valence electrons. The van der Waals surface area contributed by atoms with E-state index in [1.807, 2.05) is 0 Å². The molecule has 1 spiro atoms. The molecule has 2 heteroatoms. The van der Waals surface area contributed by atoms with Gasteiger partial charge in [0.05, 0.1) is 11.7 Å². The monoisotopic (exact) mass is 322 g/mol. The van der Waals surface area contributed by atoms with Crippen molar-refractivity contribution in [3.8, 4) is 0 Å². The molecule has 0 amide bonds. The predicted octanol–water partition coefficient (Wildman–Crippen LogP) is 4.19. The van der Waals surface area contributed by atoms with E-state index in [9.17, 15) is 0 Å². The van der Waals surface area contributed by atoms with Crippen molar-refractivity contribution in [2.75, 3.05) is 4.43 Å². The molecule has 4 atom stereocenters. The fourth-order valence-electron chi connectivity index (χ4n) is 3.41. The molecule has 4 unspecified atom stereocenters. The lowest BCUT2D eigenvalue weighted by atomic mass is 9.69. The Hall–Kier alpha value is 0.690. The molecule has 1 aliphatic carbocycles. The second kappa shape index (κ2) is 4.91. The van der Waals surface area contributed by atoms with E-state index in [2.05, 4.69) is 36.4 Å². The zero-order chi connectivity index (χ0) is 10.9. The van der Waals surface area contributed by atoms with Gasteiger partial charge in [0.25, 0.3) is 0 Å². The zero-order valence-electron chi connectivity index (χ0n) is 9.97. The molecule has 0 aromatic rings. The third kappa shape index (κ3) is 2.51. The molecule has 2 rings (SSSR count). The average Bonchev–Trinajstić information content (AvgIpc) is 2.25. The molecule has 1 saturated carbocycles. The molecule has 1 nitrogen and oxygen atoms in total. The second-order valence-electron chi connectivity index (χ2n) is 5.63. The summed E-state index contributed by atoms with van der Waals surface area (Å²) in [5, 5.41) is 0. The van der Waals surface area contributed by atoms with Crippen LogP contribution in [0.2, 0.25) is 0 Å². The van der Waals surface area contributed by atoms with Crippen molar-refractivity contribution >= 4 is 22.6 Å². The van der Waals surface area contributed by atoms with Gasteiger partial charge in [-0.15, -0.1) is 0 Å². The number of alkyl halides is 1. The van der Waals surface area contributed by atoms with E-state index in [4.69, 9.17) is 4.74 Å². The van der Waals surface area contributed by atoms with Gasteiger partial charge in [-0.1, -0.05) is 36.4 Å². The molecule has 1 heterocycles. The van der Waals surface area contributed by atoms with Gasteiger partial charge in [0.2, 0.25) is 0 Å². The summed E-state index contributed by atoms with van der Waals surface area (Å²) in [6, 6.07) is 0. The Morgan fingerprint density at radius 2 is 2.07 bits per heavy atom. The summed E-state index contributed by atoms with van der Waals surface area (Å²) < 4.78 is 7.59. The molecule has 1 aliphatic heterocycles. The molecular weight excluding hydrogens is 299 g/mol. The summed E-state index contributed by atoms with van der Waals surface area (Å²) in [7, 11) is 0. The maximum Gasteiger partial charge on any atom is 0.0712 e. The minimum absolute atomic E-state index is 0.264. The highest BCUT2D eigenvalue weighted by Crippen LogP contribution is 2.45. The van der Waals surface area contributed by atoms with Crippen LogP contribution in [0.5, 0.6) is 0 Å². The van der Waals surface area contributed by atoms with Gasteiger partial charge in [-0.25, -0.2) is 0 Å². The first-order chi connectivity index (χ1) is 7.16. The van der Waals surface area contributed by atoms with Crippen molar-refractivity contribution in [1.82, 2.24) is 0 Å². The van der Waals surface area contributed by atoms with Crippen molar-refractivity contribution in [3.05, 3.63) is 0 Å². The molecule has 0 radical (unpaired) electrons. The Labute approximate surface area is 107 Å². The summed E-state index contributed by atoms with van der Waals surface area (Å²) >= 11 is 2.47. The highest BCUT2D eigenvalue weighted by Gasteiger charge is 2.44. The van der Waals surface area contributed by atoms with Gasteiger partial charge >= 0.3 is 0 Å². The molecule has 2 fully saturated rings. The van der Waals surface area contributed by atoms with Crippen LogP contribution in [0, 0.1) is 11.8 Å². The van der Waals surface area contributed by atoms with E-state index in [1.54, 1.807) is 0 Å². The van der Waals surface area contributed by atoms with Gasteiger partial charge in [0.1, 0.15) is 0 Å². The van der Waals surface area contributed by atoms with Crippen LogP contribution in [0.25, 0.3) is 0 Å². The van der Waals surface area contributed by atoms with Gasteiger partial charge in [0, 0.05) is 4.43 Å². The third-order valence-electron chi connectivity index (χ3n) is 4.41. The SMILES string of the molecule is CC1CCC2(CCCC(CI)O2)C(C)C1. The highest BCUT2D eigenvalue weighted by molar-refractivity contribution is 14.1. The number of hydrogen-bond donors (Lipinski definition) is 0. The van der Waals surface area contributed by atoms with E-state index >= 15 is 0 Å². The highest BCUT2D eigenvalue weighted by atomic mass is 127. The van der Waals surface area contributed by atoms with Crippen molar-refractivity contribution in [3.63, 3.8) is 0 Å². The summed E-state index contributed by atoms with van der Waals surface area (Å²) in [5.74, 6) is 1.68. The normalized spacial score (nSPS) is 47.0. The van der Waals surface area contributed by atoms with Crippen LogP contribution in [0.4, 0.5) is 0 Å². The smallest absolute Gasteiger partial charge is 0.0712 e. The Bertz CT molecular complexity index is 219. The molecular formula is C13H23IO. The summed E-state index contributed by atoms with van der Waals surface area (Å²) in [5.41, 5.74) is 0.264. The fraction of sp³-hybridized carbons (Fsp3) is 1.00. The number of halogens is 1. The summed E-state index contributed by atoms with van der Waals surface area (Å²) in [6.07, 6.45) is 8.57. The lowest BCUT2D eigenvalue weighted by Crippen LogP contribution is -2.49. The predicted molar refractivity (Wildman–Crippen MR) is 72.5 cm³/mol. The molecule has 2 aliphatic rings. The number of hydrogen-bond acceptors (Lipinski definition) is 1. The number of rotatable bonds is 1. The van der Waals surface area contributed by atoms with Crippen molar-refractivity contribution in [1.29, 1.82) is 0 Å². The largest absolute Gasteiger partial charge is 0.371 e. The van der Waals surface area contributed by atoms with E-state index < -0.39 is 0 Å². The van der Waals surface area contributed by atoms with E-state index in [0.717, 1.165) is 11.8 Å². The number of ether oxygens (including phenoxy) is 1. The lowest BCUT2D eigenvalue weighted by Gasteiger charge is -2.49. The quantitative estimate of drug-likeness (QED) is 0.520. The minimum Gasteiger partial charge on any atom is -0.371 e. The van der Waals surface area contributed by atoms with Crippen molar-refractivity contribution < 1.29 is 4.74 Å². The fourth-order valence-corrected chi connectivity index (χ4v) is 4.03. The van der Waals surface area contributed by atoms with Crippen molar-refractivity contribution in [2.45, 2.75) is 64.1 Å². The maximum absolute atomic E-state index is 6.42. The lowest BCUT2D eigenvalue weighted by molar-refractivity contribution is -0.167. The van der Waals surface area contributed by atoms with Crippen LogP contribution in [0.15, 0.2) is 0 Å². The first-order valence-corrected chi connectivity index (χ1v) is 7.92. The van der Waals surface area contributed by atoms with Crippen LogP contribution in [-0.4, -0.2) is 16.1 Å². The van der Waals surface area contributed by atoms with Crippen LogP contribution in [0.3, 0.4) is 0 Å². The zero-order valence-corrected chi connectivity index (χ0v) is 12.1. The Balaban J connectivity index is 2.04. The van der Waals surface area contributed by atoms with Gasteiger partial charge in [-0.2, -0.15) is 0 Å². The molecule has 15 heavy (non-hydrogen) atoms. The topological polar surface area (TPSA) is 9.23 Å². The van der Waals surface area contributed by atoms with Crippen LogP contribution in [0.1, 0.15) is 52.4 Å². The first kappa shape index (κ1) is 12.2. The average molecular weight is 322 g/mol. The molecule has 1 saturated heterocycles. The van der Waals surface area contributed by atoms with E-state index in [1.165, 1.54) is 43.0 Å².